The second-order valence-corrected chi connectivity index (χ2v) is 5.66. The standard InChI is InChI=1S/C21H23N3O3/c1-2-26-12-6-11-24-21(25)19(14-22)13-18-8-3-4-9-20(18)27-16-17-7-5-10-23-15-17/h3-5,7-10,13,15H,2,6,11-12,16H2,1H3,(H,24,25)/b19-13-. The van der Waals surface area contributed by atoms with Gasteiger partial charge in [0.15, 0.2) is 0 Å². The van der Waals surface area contributed by atoms with Crippen LogP contribution >= 0.6 is 0 Å². The molecule has 0 saturated heterocycles. The molecule has 1 aromatic heterocycles. The fourth-order valence-electron chi connectivity index (χ4n) is 2.30. The number of nitriles is 1. The average Bonchev–Trinajstić information content (AvgIpc) is 2.71. The van der Waals surface area contributed by atoms with Crippen LogP contribution in [0.5, 0.6) is 5.75 Å². The van der Waals surface area contributed by atoms with Crippen LogP contribution in [0.4, 0.5) is 0 Å². The number of hydrogen-bond donors (Lipinski definition) is 1. The van der Waals surface area contributed by atoms with E-state index in [1.807, 2.05) is 37.3 Å². The van der Waals surface area contributed by atoms with Crippen molar-refractivity contribution in [3.05, 3.63) is 65.5 Å². The molecule has 0 aliphatic heterocycles. The second-order valence-electron chi connectivity index (χ2n) is 5.66. The van der Waals surface area contributed by atoms with Crippen molar-refractivity contribution in [3.63, 3.8) is 0 Å². The number of pyridine rings is 1. The number of hydrogen-bond acceptors (Lipinski definition) is 5. The first-order valence-corrected chi connectivity index (χ1v) is 8.83. The smallest absolute Gasteiger partial charge is 0.261 e. The summed E-state index contributed by atoms with van der Waals surface area (Å²) in [5, 5.41) is 12.1. The van der Waals surface area contributed by atoms with Gasteiger partial charge in [-0.25, -0.2) is 0 Å². The summed E-state index contributed by atoms with van der Waals surface area (Å²) in [6.45, 7) is 3.95. The molecule has 0 unspecified atom stereocenters. The first-order chi connectivity index (χ1) is 13.2. The van der Waals surface area contributed by atoms with Crippen LogP contribution < -0.4 is 10.1 Å². The van der Waals surface area contributed by atoms with Gasteiger partial charge in [0.1, 0.15) is 24.0 Å². The number of rotatable bonds is 10. The molecule has 27 heavy (non-hydrogen) atoms. The highest BCUT2D eigenvalue weighted by Crippen LogP contribution is 2.22. The van der Waals surface area contributed by atoms with Crippen LogP contribution in [0.3, 0.4) is 0 Å². The van der Waals surface area contributed by atoms with E-state index in [-0.39, 0.29) is 5.57 Å². The number of para-hydroxylation sites is 1. The molecule has 0 saturated carbocycles. The number of benzene rings is 1. The predicted octanol–water partition coefficient (Wildman–Crippen LogP) is 3.11. The zero-order valence-electron chi connectivity index (χ0n) is 15.4. The summed E-state index contributed by atoms with van der Waals surface area (Å²) in [5.41, 5.74) is 1.63. The van der Waals surface area contributed by atoms with E-state index in [0.717, 1.165) is 5.56 Å². The molecule has 2 aromatic rings. The second kappa shape index (κ2) is 11.4. The number of nitrogens with one attached hydrogen (secondary N) is 1. The fourth-order valence-corrected chi connectivity index (χ4v) is 2.30. The molecular formula is C21H23N3O3. The van der Waals surface area contributed by atoms with Gasteiger partial charge in [-0.3, -0.25) is 9.78 Å². The molecule has 2 rings (SSSR count). The zero-order chi connectivity index (χ0) is 19.3. The highest BCUT2D eigenvalue weighted by Gasteiger charge is 2.10. The molecule has 1 N–H and O–H groups in total. The average molecular weight is 365 g/mol. The Morgan fingerprint density at radius 2 is 2.15 bits per heavy atom. The Morgan fingerprint density at radius 3 is 2.89 bits per heavy atom. The van der Waals surface area contributed by atoms with E-state index in [9.17, 15) is 10.1 Å². The minimum atomic E-state index is -0.406. The number of carbonyl (C=O) groups excluding carboxylic acids is 1. The Kier molecular flexibility index (Phi) is 8.54. The maximum Gasteiger partial charge on any atom is 0.261 e. The largest absolute Gasteiger partial charge is 0.488 e. The Bertz CT molecular complexity index is 798. The van der Waals surface area contributed by atoms with Gasteiger partial charge in [0.05, 0.1) is 0 Å². The molecule has 1 aromatic carbocycles. The fraction of sp³-hybridized carbons (Fsp3) is 0.286. The van der Waals surface area contributed by atoms with Crippen molar-refractivity contribution in [2.24, 2.45) is 0 Å². The van der Waals surface area contributed by atoms with Crippen LogP contribution in [0.1, 0.15) is 24.5 Å². The number of nitrogens with zero attached hydrogens (tertiary/aromatic N) is 2. The lowest BCUT2D eigenvalue weighted by molar-refractivity contribution is -0.117. The van der Waals surface area contributed by atoms with Gasteiger partial charge >= 0.3 is 0 Å². The summed E-state index contributed by atoms with van der Waals surface area (Å²) >= 11 is 0. The topological polar surface area (TPSA) is 84.2 Å². The van der Waals surface area contributed by atoms with Gasteiger partial charge in [-0.15, -0.1) is 0 Å². The SMILES string of the molecule is CCOCCCNC(=O)/C(C#N)=C\c1ccccc1OCc1cccnc1. The van der Waals surface area contributed by atoms with Crippen molar-refractivity contribution < 1.29 is 14.3 Å². The molecule has 0 radical (unpaired) electrons. The van der Waals surface area contributed by atoms with Crippen molar-refractivity contribution in [1.29, 1.82) is 5.26 Å². The Labute approximate surface area is 159 Å². The van der Waals surface area contributed by atoms with E-state index in [1.165, 1.54) is 6.08 Å². The summed E-state index contributed by atoms with van der Waals surface area (Å²) in [5.74, 6) is 0.189. The van der Waals surface area contributed by atoms with Crippen LogP contribution in [-0.2, 0) is 16.1 Å². The minimum Gasteiger partial charge on any atom is -0.488 e. The molecule has 0 bridgehead atoms. The highest BCUT2D eigenvalue weighted by atomic mass is 16.5. The van der Waals surface area contributed by atoms with Gasteiger partial charge < -0.3 is 14.8 Å². The number of carbonyl (C=O) groups is 1. The minimum absolute atomic E-state index is 0.0313. The zero-order valence-corrected chi connectivity index (χ0v) is 15.4. The molecule has 0 aliphatic carbocycles. The molecule has 0 spiro atoms. The number of ether oxygens (including phenoxy) is 2. The van der Waals surface area contributed by atoms with Crippen LogP contribution in [-0.4, -0.2) is 30.6 Å². The van der Waals surface area contributed by atoms with E-state index >= 15 is 0 Å². The highest BCUT2D eigenvalue weighted by molar-refractivity contribution is 6.01. The quantitative estimate of drug-likeness (QED) is 0.397. The van der Waals surface area contributed by atoms with E-state index in [4.69, 9.17) is 9.47 Å². The summed E-state index contributed by atoms with van der Waals surface area (Å²) < 4.78 is 11.1. The van der Waals surface area contributed by atoms with Crippen LogP contribution in [0, 0.1) is 11.3 Å². The van der Waals surface area contributed by atoms with Gasteiger partial charge in [-0.05, 0) is 31.6 Å². The van der Waals surface area contributed by atoms with Gasteiger partial charge in [0.25, 0.3) is 5.91 Å². The first-order valence-electron chi connectivity index (χ1n) is 8.83. The third-order valence-corrected chi connectivity index (χ3v) is 3.66. The Balaban J connectivity index is 2.02. The van der Waals surface area contributed by atoms with Gasteiger partial charge in [-0.1, -0.05) is 24.3 Å². The lowest BCUT2D eigenvalue weighted by Crippen LogP contribution is -2.26. The monoisotopic (exact) mass is 365 g/mol. The summed E-state index contributed by atoms with van der Waals surface area (Å²) in [4.78, 5) is 16.3. The molecule has 140 valence electrons. The van der Waals surface area contributed by atoms with Gasteiger partial charge in [0, 0.05) is 43.3 Å². The Hall–Kier alpha value is -3.17. The first kappa shape index (κ1) is 20.1. The lowest BCUT2D eigenvalue weighted by atomic mass is 10.1. The number of aromatic nitrogens is 1. The summed E-state index contributed by atoms with van der Waals surface area (Å²) in [6, 6.07) is 13.0. The maximum absolute atomic E-state index is 12.2. The molecule has 0 atom stereocenters. The van der Waals surface area contributed by atoms with Crippen LogP contribution in [0.2, 0.25) is 0 Å². The van der Waals surface area contributed by atoms with Crippen molar-refractivity contribution in [3.8, 4) is 11.8 Å². The Morgan fingerprint density at radius 1 is 1.30 bits per heavy atom. The van der Waals surface area contributed by atoms with Crippen molar-refractivity contribution in [1.82, 2.24) is 10.3 Å². The molecule has 0 aliphatic rings. The van der Waals surface area contributed by atoms with E-state index in [2.05, 4.69) is 10.3 Å². The van der Waals surface area contributed by atoms with Crippen molar-refractivity contribution in [2.45, 2.75) is 20.0 Å². The third-order valence-electron chi connectivity index (χ3n) is 3.66. The van der Waals surface area contributed by atoms with Crippen molar-refractivity contribution >= 4 is 12.0 Å². The number of amides is 1. The van der Waals surface area contributed by atoms with Gasteiger partial charge in [-0.2, -0.15) is 5.26 Å². The summed E-state index contributed by atoms with van der Waals surface area (Å²) in [7, 11) is 0. The molecule has 6 heteroatoms. The third kappa shape index (κ3) is 6.92. The van der Waals surface area contributed by atoms with E-state index in [1.54, 1.807) is 24.5 Å². The molecule has 6 nitrogen and oxygen atoms in total. The molecule has 1 heterocycles. The molecular weight excluding hydrogens is 342 g/mol. The lowest BCUT2D eigenvalue weighted by Gasteiger charge is -2.10. The normalized spacial score (nSPS) is 10.9. The summed E-state index contributed by atoms with van der Waals surface area (Å²) in [6.07, 6.45) is 5.67. The van der Waals surface area contributed by atoms with Crippen LogP contribution in [0.15, 0.2) is 54.4 Å². The maximum atomic E-state index is 12.2. The predicted molar refractivity (Wildman–Crippen MR) is 103 cm³/mol. The van der Waals surface area contributed by atoms with Crippen molar-refractivity contribution in [2.75, 3.05) is 19.8 Å². The molecule has 0 fully saturated rings. The van der Waals surface area contributed by atoms with E-state index in [0.29, 0.717) is 44.1 Å². The van der Waals surface area contributed by atoms with Gasteiger partial charge in [0.2, 0.25) is 0 Å². The van der Waals surface area contributed by atoms with Crippen LogP contribution in [0.25, 0.3) is 6.08 Å². The molecule has 1 amide bonds. The van der Waals surface area contributed by atoms with E-state index < -0.39 is 5.91 Å².